The molecule has 3 rings (SSSR count). The number of carbonyl (C=O) groups is 1. The largest absolute Gasteiger partial charge is 0.377 e. The van der Waals surface area contributed by atoms with Crippen molar-refractivity contribution in [2.24, 2.45) is 0 Å². The number of amides is 2. The minimum atomic E-state index is -0.451. The van der Waals surface area contributed by atoms with Crippen LogP contribution in [0.25, 0.3) is 5.82 Å². The molecule has 0 fully saturated rings. The molecule has 0 saturated heterocycles. The fraction of sp³-hybridized carbons (Fsp3) is 0.235. The molecule has 0 aliphatic rings. The first kappa shape index (κ1) is 18.7. The molecule has 0 aliphatic heterocycles. The standard InChI is InChI=1S/C17H18ClN7O2/c1-10-6-13(11(2)27-3)15(9-19-10)24-17(26)23-12-7-14(18)16(20-8-12)25-21-4-5-22-25/h4-9,11H,1-3H3,(H2,23,24,26). The van der Waals surface area contributed by atoms with Gasteiger partial charge in [-0.3, -0.25) is 4.98 Å². The molecule has 0 saturated carbocycles. The van der Waals surface area contributed by atoms with E-state index in [9.17, 15) is 4.79 Å². The van der Waals surface area contributed by atoms with Crippen molar-refractivity contribution >= 4 is 29.0 Å². The molecule has 140 valence electrons. The van der Waals surface area contributed by atoms with Crippen LogP contribution >= 0.6 is 11.6 Å². The van der Waals surface area contributed by atoms with Crippen LogP contribution in [0.2, 0.25) is 5.02 Å². The van der Waals surface area contributed by atoms with Gasteiger partial charge in [0, 0.05) is 18.4 Å². The molecule has 2 amide bonds. The zero-order chi connectivity index (χ0) is 19.4. The van der Waals surface area contributed by atoms with Gasteiger partial charge >= 0.3 is 6.03 Å². The van der Waals surface area contributed by atoms with Gasteiger partial charge in [-0.05, 0) is 26.0 Å². The molecule has 0 aliphatic carbocycles. The number of urea groups is 1. The predicted molar refractivity (Wildman–Crippen MR) is 101 cm³/mol. The highest BCUT2D eigenvalue weighted by Gasteiger charge is 2.14. The highest BCUT2D eigenvalue weighted by atomic mass is 35.5. The molecule has 1 unspecified atom stereocenters. The van der Waals surface area contributed by atoms with E-state index >= 15 is 0 Å². The lowest BCUT2D eigenvalue weighted by molar-refractivity contribution is 0.120. The average Bonchev–Trinajstić information content (AvgIpc) is 3.17. The van der Waals surface area contributed by atoms with Crippen molar-refractivity contribution in [2.45, 2.75) is 20.0 Å². The number of carbonyl (C=O) groups excluding carboxylic acids is 1. The normalized spacial score (nSPS) is 11.9. The van der Waals surface area contributed by atoms with E-state index in [1.165, 1.54) is 23.4 Å². The van der Waals surface area contributed by atoms with Gasteiger partial charge in [-0.15, -0.1) is 4.80 Å². The number of pyridine rings is 2. The Hall–Kier alpha value is -3.04. The number of hydrogen-bond donors (Lipinski definition) is 2. The Morgan fingerprint density at radius 3 is 2.59 bits per heavy atom. The average molecular weight is 388 g/mol. The fourth-order valence-corrected chi connectivity index (χ4v) is 2.65. The molecule has 0 radical (unpaired) electrons. The SMILES string of the molecule is COC(C)c1cc(C)ncc1NC(=O)Nc1cnc(-n2nccn2)c(Cl)c1. The number of aromatic nitrogens is 5. The summed E-state index contributed by atoms with van der Waals surface area (Å²) in [5.74, 6) is 0.367. The Morgan fingerprint density at radius 1 is 1.19 bits per heavy atom. The monoisotopic (exact) mass is 387 g/mol. The van der Waals surface area contributed by atoms with E-state index in [-0.39, 0.29) is 6.10 Å². The van der Waals surface area contributed by atoms with Gasteiger partial charge in [-0.2, -0.15) is 10.2 Å². The molecule has 27 heavy (non-hydrogen) atoms. The number of nitrogens with one attached hydrogen (secondary N) is 2. The van der Waals surface area contributed by atoms with Gasteiger partial charge in [0.1, 0.15) is 0 Å². The van der Waals surface area contributed by atoms with Gasteiger partial charge in [-0.25, -0.2) is 9.78 Å². The summed E-state index contributed by atoms with van der Waals surface area (Å²) >= 11 is 6.21. The first-order valence-corrected chi connectivity index (χ1v) is 8.45. The molecule has 0 aromatic carbocycles. The summed E-state index contributed by atoms with van der Waals surface area (Å²) in [5, 5.41) is 13.7. The molecule has 3 aromatic heterocycles. The number of ether oxygens (including phenoxy) is 1. The third kappa shape index (κ3) is 4.39. The van der Waals surface area contributed by atoms with E-state index < -0.39 is 6.03 Å². The predicted octanol–water partition coefficient (Wildman–Crippen LogP) is 3.37. The van der Waals surface area contributed by atoms with Crippen molar-refractivity contribution in [2.75, 3.05) is 17.7 Å². The second-order valence-electron chi connectivity index (χ2n) is 5.72. The van der Waals surface area contributed by atoms with Gasteiger partial charge in [0.25, 0.3) is 0 Å². The number of hydrogen-bond acceptors (Lipinski definition) is 6. The lowest BCUT2D eigenvalue weighted by Gasteiger charge is -2.16. The lowest BCUT2D eigenvalue weighted by atomic mass is 10.1. The molecule has 0 bridgehead atoms. The third-order valence-corrected chi connectivity index (χ3v) is 4.08. The molecule has 0 spiro atoms. The molecule has 9 nitrogen and oxygen atoms in total. The Morgan fingerprint density at radius 2 is 1.93 bits per heavy atom. The molecule has 2 N–H and O–H groups in total. The number of nitrogens with zero attached hydrogens (tertiary/aromatic N) is 5. The smallest absolute Gasteiger partial charge is 0.323 e. The van der Waals surface area contributed by atoms with E-state index in [2.05, 4.69) is 30.8 Å². The number of anilines is 2. The topological polar surface area (TPSA) is 107 Å². The first-order chi connectivity index (χ1) is 13.0. The minimum Gasteiger partial charge on any atom is -0.377 e. The van der Waals surface area contributed by atoms with Crippen LogP contribution in [-0.2, 0) is 4.74 Å². The summed E-state index contributed by atoms with van der Waals surface area (Å²) < 4.78 is 5.35. The minimum absolute atomic E-state index is 0.195. The Balaban J connectivity index is 1.74. The van der Waals surface area contributed by atoms with Crippen molar-refractivity contribution in [1.82, 2.24) is 25.0 Å². The summed E-state index contributed by atoms with van der Waals surface area (Å²) in [6.45, 7) is 3.77. The van der Waals surface area contributed by atoms with Crippen LogP contribution in [0.4, 0.5) is 16.2 Å². The first-order valence-electron chi connectivity index (χ1n) is 8.07. The maximum Gasteiger partial charge on any atom is 0.323 e. The van der Waals surface area contributed by atoms with Crippen LogP contribution in [0.5, 0.6) is 0 Å². The van der Waals surface area contributed by atoms with E-state index in [1.807, 2.05) is 19.9 Å². The number of methoxy groups -OCH3 is 1. The van der Waals surface area contributed by atoms with Gasteiger partial charge in [0.05, 0.1) is 47.3 Å². The number of rotatable bonds is 5. The van der Waals surface area contributed by atoms with Gasteiger partial charge < -0.3 is 15.4 Å². The van der Waals surface area contributed by atoms with Gasteiger partial charge in [0.2, 0.25) is 0 Å². The quantitative estimate of drug-likeness (QED) is 0.695. The van der Waals surface area contributed by atoms with Crippen molar-refractivity contribution < 1.29 is 9.53 Å². The van der Waals surface area contributed by atoms with Crippen molar-refractivity contribution in [1.29, 1.82) is 0 Å². The van der Waals surface area contributed by atoms with E-state index in [0.29, 0.717) is 22.2 Å². The van der Waals surface area contributed by atoms with Crippen molar-refractivity contribution in [3.8, 4) is 5.82 Å². The number of aryl methyl sites for hydroxylation is 1. The van der Waals surface area contributed by atoms with Crippen LogP contribution in [0.1, 0.15) is 24.3 Å². The molecule has 3 heterocycles. The summed E-state index contributed by atoms with van der Waals surface area (Å²) in [5.41, 5.74) is 2.65. The maximum atomic E-state index is 12.4. The second-order valence-corrected chi connectivity index (χ2v) is 6.13. The van der Waals surface area contributed by atoms with Gasteiger partial charge in [0.15, 0.2) is 5.82 Å². The Labute approximate surface area is 160 Å². The van der Waals surface area contributed by atoms with Crippen LogP contribution < -0.4 is 10.6 Å². The van der Waals surface area contributed by atoms with Crippen molar-refractivity contribution in [3.05, 3.63) is 53.2 Å². The van der Waals surface area contributed by atoms with E-state index in [0.717, 1.165) is 11.3 Å². The third-order valence-electron chi connectivity index (χ3n) is 3.80. The maximum absolute atomic E-state index is 12.4. The Bertz CT molecular complexity index is 946. The van der Waals surface area contributed by atoms with Crippen LogP contribution in [0.3, 0.4) is 0 Å². The van der Waals surface area contributed by atoms with Crippen molar-refractivity contribution in [3.63, 3.8) is 0 Å². The summed E-state index contributed by atoms with van der Waals surface area (Å²) in [7, 11) is 1.61. The molecule has 10 heteroatoms. The van der Waals surface area contributed by atoms with E-state index in [1.54, 1.807) is 19.4 Å². The van der Waals surface area contributed by atoms with Crippen LogP contribution in [0.15, 0.2) is 36.9 Å². The molecular weight excluding hydrogens is 370 g/mol. The van der Waals surface area contributed by atoms with Crippen LogP contribution in [-0.4, -0.2) is 38.1 Å². The van der Waals surface area contributed by atoms with Crippen LogP contribution in [0, 0.1) is 6.92 Å². The second kappa shape index (κ2) is 8.11. The summed E-state index contributed by atoms with van der Waals surface area (Å²) in [4.78, 5) is 22.1. The molecular formula is C17H18ClN7O2. The van der Waals surface area contributed by atoms with E-state index in [4.69, 9.17) is 16.3 Å². The summed E-state index contributed by atoms with van der Waals surface area (Å²) in [6.07, 6.45) is 5.91. The zero-order valence-corrected chi connectivity index (χ0v) is 15.7. The van der Waals surface area contributed by atoms with Gasteiger partial charge in [-0.1, -0.05) is 11.6 Å². The zero-order valence-electron chi connectivity index (χ0n) is 15.0. The summed E-state index contributed by atoms with van der Waals surface area (Å²) in [6, 6.07) is 2.99. The fourth-order valence-electron chi connectivity index (χ4n) is 2.40. The molecule has 1 atom stereocenters. The highest BCUT2D eigenvalue weighted by Crippen LogP contribution is 2.25. The Kier molecular flexibility index (Phi) is 5.63. The highest BCUT2D eigenvalue weighted by molar-refractivity contribution is 6.32. The number of halogens is 1. The molecule has 3 aromatic rings. The lowest BCUT2D eigenvalue weighted by Crippen LogP contribution is -2.21.